The third-order valence-corrected chi connectivity index (χ3v) is 3.52. The van der Waals surface area contributed by atoms with Crippen LogP contribution in [0.2, 0.25) is 0 Å². The van der Waals surface area contributed by atoms with Crippen LogP contribution in [0.1, 0.15) is 0 Å². The van der Waals surface area contributed by atoms with Crippen molar-refractivity contribution in [3.05, 3.63) is 41.3 Å². The molecule has 0 spiro atoms. The Labute approximate surface area is 74.2 Å². The molecule has 0 fully saturated rings. The molecule has 1 aliphatic rings. The fraction of sp³-hybridized carbons (Fsp3) is 0. The van der Waals surface area contributed by atoms with Gasteiger partial charge in [-0.05, 0) is 22.9 Å². The molecule has 0 unspecified atom stereocenters. The Morgan fingerprint density at radius 3 is 2.67 bits per heavy atom. The van der Waals surface area contributed by atoms with Crippen LogP contribution in [0, 0.1) is 0 Å². The average Bonchev–Trinajstić information content (AvgIpc) is 2.57. The molecule has 0 amide bonds. The first-order chi connectivity index (χ1) is 5.88. The predicted octanol–water partition coefficient (Wildman–Crippen LogP) is 2.06. The van der Waals surface area contributed by atoms with Crippen molar-refractivity contribution in [2.75, 3.05) is 5.73 Å². The SMILES string of the molecule is Nc1cccnc1[SH]1C=CC=C1. The number of nitrogens with two attached hydrogens (primary N) is 1. The number of hydrogen-bond donors (Lipinski definition) is 2. The number of nitrogens with zero attached hydrogens (tertiary/aromatic N) is 1. The molecule has 2 nitrogen and oxygen atoms in total. The van der Waals surface area contributed by atoms with E-state index in [2.05, 4.69) is 15.8 Å². The van der Waals surface area contributed by atoms with Crippen molar-refractivity contribution < 1.29 is 0 Å². The normalized spacial score (nSPS) is 17.2. The fourth-order valence-electron chi connectivity index (χ4n) is 1.10. The van der Waals surface area contributed by atoms with Crippen molar-refractivity contribution in [2.45, 2.75) is 5.03 Å². The monoisotopic (exact) mass is 178 g/mol. The molecule has 0 saturated heterocycles. The highest BCUT2D eigenvalue weighted by Gasteiger charge is 2.06. The van der Waals surface area contributed by atoms with Gasteiger partial charge in [-0.1, -0.05) is 12.2 Å². The van der Waals surface area contributed by atoms with Crippen molar-refractivity contribution in [1.82, 2.24) is 4.98 Å². The summed E-state index contributed by atoms with van der Waals surface area (Å²) in [6.45, 7) is 0. The second-order valence-corrected chi connectivity index (χ2v) is 4.34. The Balaban J connectivity index is 2.39. The van der Waals surface area contributed by atoms with E-state index in [0.29, 0.717) is 0 Å². The minimum Gasteiger partial charge on any atom is -0.397 e. The van der Waals surface area contributed by atoms with Crippen LogP contribution in [0.5, 0.6) is 0 Å². The molecule has 62 valence electrons. The molecule has 12 heavy (non-hydrogen) atoms. The van der Waals surface area contributed by atoms with Gasteiger partial charge in [-0.3, -0.25) is 0 Å². The second-order valence-electron chi connectivity index (χ2n) is 2.51. The highest BCUT2D eigenvalue weighted by molar-refractivity contribution is 8.22. The van der Waals surface area contributed by atoms with Crippen LogP contribution in [0.3, 0.4) is 0 Å². The molecule has 0 aliphatic carbocycles. The first-order valence-electron chi connectivity index (χ1n) is 3.72. The van der Waals surface area contributed by atoms with Gasteiger partial charge in [0.15, 0.2) is 0 Å². The first kappa shape index (κ1) is 7.43. The summed E-state index contributed by atoms with van der Waals surface area (Å²) in [5.41, 5.74) is 6.58. The molecule has 2 heterocycles. The van der Waals surface area contributed by atoms with Gasteiger partial charge < -0.3 is 5.73 Å². The van der Waals surface area contributed by atoms with Crippen LogP contribution in [0.15, 0.2) is 46.3 Å². The van der Waals surface area contributed by atoms with Crippen molar-refractivity contribution in [1.29, 1.82) is 0 Å². The Morgan fingerprint density at radius 2 is 2.00 bits per heavy atom. The molecular formula is C9H10N2S. The van der Waals surface area contributed by atoms with E-state index in [4.69, 9.17) is 5.73 Å². The van der Waals surface area contributed by atoms with Gasteiger partial charge in [0.1, 0.15) is 5.03 Å². The van der Waals surface area contributed by atoms with E-state index >= 15 is 0 Å². The molecule has 0 saturated carbocycles. The highest BCUT2D eigenvalue weighted by Crippen LogP contribution is 2.42. The first-order valence-corrected chi connectivity index (χ1v) is 5.20. The molecule has 0 bridgehead atoms. The molecule has 2 rings (SSSR count). The van der Waals surface area contributed by atoms with E-state index in [1.165, 1.54) is 0 Å². The number of anilines is 1. The highest BCUT2D eigenvalue weighted by atomic mass is 32.2. The third-order valence-electron chi connectivity index (χ3n) is 1.67. The Morgan fingerprint density at radius 1 is 1.25 bits per heavy atom. The van der Waals surface area contributed by atoms with Crippen LogP contribution < -0.4 is 5.73 Å². The smallest absolute Gasteiger partial charge is 0.106 e. The molecule has 3 heteroatoms. The molecule has 1 aromatic heterocycles. The molecule has 0 radical (unpaired) electrons. The standard InChI is InChI=1S/C9H10N2S/c10-8-4-3-5-11-9(8)12-6-1-2-7-12/h1-7,12H,10H2. The van der Waals surface area contributed by atoms with Crippen molar-refractivity contribution in [3.63, 3.8) is 0 Å². The van der Waals surface area contributed by atoms with Crippen LogP contribution in [-0.4, -0.2) is 4.98 Å². The van der Waals surface area contributed by atoms with E-state index < -0.39 is 0 Å². The summed E-state index contributed by atoms with van der Waals surface area (Å²) in [6, 6.07) is 3.75. The number of hydrogen-bond acceptors (Lipinski definition) is 2. The molecule has 1 aromatic rings. The molecule has 0 atom stereocenters. The predicted molar refractivity (Wildman–Crippen MR) is 54.2 cm³/mol. The summed E-state index contributed by atoms with van der Waals surface area (Å²) < 4.78 is 0. The summed E-state index contributed by atoms with van der Waals surface area (Å²) in [5.74, 6) is 0. The number of pyridine rings is 1. The third kappa shape index (κ3) is 1.23. The zero-order valence-electron chi connectivity index (χ0n) is 6.51. The summed E-state index contributed by atoms with van der Waals surface area (Å²) in [4.78, 5) is 4.26. The van der Waals surface area contributed by atoms with Crippen LogP contribution in [-0.2, 0) is 0 Å². The number of aromatic nitrogens is 1. The summed E-state index contributed by atoms with van der Waals surface area (Å²) in [6.07, 6.45) is 5.87. The van der Waals surface area contributed by atoms with E-state index in [1.54, 1.807) is 6.20 Å². The molecule has 1 aliphatic heterocycles. The van der Waals surface area contributed by atoms with Gasteiger partial charge in [-0.15, -0.1) is 0 Å². The van der Waals surface area contributed by atoms with Crippen molar-refractivity contribution in [3.8, 4) is 0 Å². The lowest BCUT2D eigenvalue weighted by atomic mass is 10.4. The lowest BCUT2D eigenvalue weighted by molar-refractivity contribution is 1.14. The van der Waals surface area contributed by atoms with Gasteiger partial charge in [0.05, 0.1) is 5.69 Å². The van der Waals surface area contributed by atoms with Crippen LogP contribution in [0.4, 0.5) is 5.69 Å². The Hall–Kier alpha value is -1.22. The van der Waals surface area contributed by atoms with E-state index in [-0.39, 0.29) is 10.9 Å². The largest absolute Gasteiger partial charge is 0.397 e. The zero-order valence-corrected chi connectivity index (χ0v) is 7.41. The van der Waals surface area contributed by atoms with Gasteiger partial charge in [-0.25, -0.2) is 4.98 Å². The van der Waals surface area contributed by atoms with Gasteiger partial charge >= 0.3 is 0 Å². The minimum atomic E-state index is -0.358. The molecule has 0 aromatic carbocycles. The van der Waals surface area contributed by atoms with Gasteiger partial charge in [-0.2, -0.15) is 10.9 Å². The fourth-order valence-corrected chi connectivity index (χ4v) is 2.62. The number of nitrogen functional groups attached to an aromatic ring is 1. The minimum absolute atomic E-state index is 0.358. The zero-order chi connectivity index (χ0) is 8.39. The summed E-state index contributed by atoms with van der Waals surface area (Å²) in [7, 11) is -0.358. The topological polar surface area (TPSA) is 38.9 Å². The maximum absolute atomic E-state index is 5.79. The van der Waals surface area contributed by atoms with Crippen LogP contribution in [0.25, 0.3) is 0 Å². The summed E-state index contributed by atoms with van der Waals surface area (Å²) in [5, 5.41) is 5.31. The van der Waals surface area contributed by atoms with Gasteiger partial charge in [0.25, 0.3) is 0 Å². The van der Waals surface area contributed by atoms with Gasteiger partial charge in [0.2, 0.25) is 0 Å². The van der Waals surface area contributed by atoms with Gasteiger partial charge in [0, 0.05) is 6.20 Å². The van der Waals surface area contributed by atoms with E-state index in [0.717, 1.165) is 10.7 Å². The second kappa shape index (κ2) is 3.03. The molecule has 2 N–H and O–H groups in total. The average molecular weight is 178 g/mol. The maximum Gasteiger partial charge on any atom is 0.106 e. The lowest BCUT2D eigenvalue weighted by Crippen LogP contribution is -1.91. The number of rotatable bonds is 1. The lowest BCUT2D eigenvalue weighted by Gasteiger charge is -2.10. The van der Waals surface area contributed by atoms with E-state index in [9.17, 15) is 0 Å². The van der Waals surface area contributed by atoms with Crippen molar-refractivity contribution >= 4 is 16.6 Å². The Kier molecular flexibility index (Phi) is 1.87. The van der Waals surface area contributed by atoms with Crippen molar-refractivity contribution in [2.24, 2.45) is 0 Å². The van der Waals surface area contributed by atoms with Crippen LogP contribution >= 0.6 is 10.9 Å². The molecular weight excluding hydrogens is 168 g/mol. The summed E-state index contributed by atoms with van der Waals surface area (Å²) >= 11 is 0. The number of allylic oxidation sites excluding steroid dienone is 2. The van der Waals surface area contributed by atoms with E-state index in [1.807, 2.05) is 24.3 Å². The quantitative estimate of drug-likeness (QED) is 0.646. The Bertz CT molecular complexity index is 332. The number of thiol groups is 1. The maximum atomic E-state index is 5.79.